The third kappa shape index (κ3) is 1.41. The third-order valence-corrected chi connectivity index (χ3v) is 1.99. The topological polar surface area (TPSA) is 69.6 Å². The number of fused-ring (bicyclic) bond motifs is 1. The molecular weight excluding hydrogens is 178 g/mol. The predicted octanol–water partition coefficient (Wildman–Crippen LogP) is 1.06. The highest BCUT2D eigenvalue weighted by Gasteiger charge is 2.07. The summed E-state index contributed by atoms with van der Waals surface area (Å²) in [5.41, 5.74) is 7.17. The predicted molar refractivity (Wildman–Crippen MR) is 54.6 cm³/mol. The molecule has 0 unspecified atom stereocenters. The maximum Gasteiger partial charge on any atom is 0.165 e. The number of aromatic nitrogens is 4. The van der Waals surface area contributed by atoms with Crippen molar-refractivity contribution in [1.29, 1.82) is 0 Å². The fourth-order valence-electron chi connectivity index (χ4n) is 1.43. The van der Waals surface area contributed by atoms with Crippen molar-refractivity contribution in [2.75, 3.05) is 5.73 Å². The minimum absolute atomic E-state index is 0.442. The number of hydrogen-bond acceptors (Lipinski definition) is 4. The lowest BCUT2D eigenvalue weighted by Gasteiger charge is -2.05. The first kappa shape index (κ1) is 8.93. The van der Waals surface area contributed by atoms with E-state index in [1.165, 1.54) is 6.33 Å². The SMILES string of the molecule is CC(C)Cn1cnc2c(N)ncnc21. The summed E-state index contributed by atoms with van der Waals surface area (Å²) in [4.78, 5) is 12.2. The second-order valence-corrected chi connectivity index (χ2v) is 3.72. The smallest absolute Gasteiger partial charge is 0.165 e. The molecule has 2 heterocycles. The Morgan fingerprint density at radius 2 is 2.14 bits per heavy atom. The molecule has 0 saturated heterocycles. The van der Waals surface area contributed by atoms with Crippen LogP contribution in [0.5, 0.6) is 0 Å². The number of rotatable bonds is 2. The summed E-state index contributed by atoms with van der Waals surface area (Å²) in [6.45, 7) is 5.19. The second kappa shape index (κ2) is 3.25. The van der Waals surface area contributed by atoms with E-state index in [9.17, 15) is 0 Å². The van der Waals surface area contributed by atoms with Gasteiger partial charge in [0, 0.05) is 6.54 Å². The van der Waals surface area contributed by atoms with E-state index in [0.717, 1.165) is 12.2 Å². The maximum atomic E-state index is 5.67. The standard InChI is InChI=1S/C9H13N5/c1-6(2)3-14-5-13-7-8(10)11-4-12-9(7)14/h4-6H,3H2,1-2H3,(H2,10,11,12). The molecule has 2 aromatic heterocycles. The maximum absolute atomic E-state index is 5.67. The zero-order valence-corrected chi connectivity index (χ0v) is 8.31. The molecule has 2 aromatic rings. The number of nitrogen functional groups attached to an aromatic ring is 1. The van der Waals surface area contributed by atoms with Crippen LogP contribution in [0.2, 0.25) is 0 Å². The van der Waals surface area contributed by atoms with Gasteiger partial charge in [0.25, 0.3) is 0 Å². The molecule has 0 aromatic carbocycles. The first-order valence-corrected chi connectivity index (χ1v) is 4.60. The zero-order chi connectivity index (χ0) is 10.1. The van der Waals surface area contributed by atoms with Crippen molar-refractivity contribution in [3.05, 3.63) is 12.7 Å². The summed E-state index contributed by atoms with van der Waals surface area (Å²) in [7, 11) is 0. The molecule has 0 saturated carbocycles. The van der Waals surface area contributed by atoms with E-state index < -0.39 is 0 Å². The van der Waals surface area contributed by atoms with Gasteiger partial charge >= 0.3 is 0 Å². The molecule has 0 spiro atoms. The number of anilines is 1. The van der Waals surface area contributed by atoms with Crippen LogP contribution in [0, 0.1) is 5.92 Å². The molecule has 0 aliphatic carbocycles. The fourth-order valence-corrected chi connectivity index (χ4v) is 1.43. The van der Waals surface area contributed by atoms with Gasteiger partial charge in [-0.1, -0.05) is 13.8 Å². The highest BCUT2D eigenvalue weighted by molar-refractivity contribution is 5.80. The van der Waals surface area contributed by atoms with Crippen molar-refractivity contribution in [2.45, 2.75) is 20.4 Å². The highest BCUT2D eigenvalue weighted by atomic mass is 15.1. The molecule has 0 amide bonds. The van der Waals surface area contributed by atoms with Crippen LogP contribution < -0.4 is 5.73 Å². The van der Waals surface area contributed by atoms with E-state index in [1.54, 1.807) is 6.33 Å². The van der Waals surface area contributed by atoms with Gasteiger partial charge in [-0.05, 0) is 5.92 Å². The Balaban J connectivity index is 2.52. The molecule has 2 N–H and O–H groups in total. The third-order valence-electron chi connectivity index (χ3n) is 1.99. The lowest BCUT2D eigenvalue weighted by Crippen LogP contribution is -2.04. The molecule has 0 radical (unpaired) electrons. The van der Waals surface area contributed by atoms with Crippen LogP contribution in [0.25, 0.3) is 11.2 Å². The summed E-state index contributed by atoms with van der Waals surface area (Å²) in [5, 5.41) is 0. The van der Waals surface area contributed by atoms with E-state index in [1.807, 2.05) is 4.57 Å². The van der Waals surface area contributed by atoms with E-state index >= 15 is 0 Å². The van der Waals surface area contributed by atoms with Crippen molar-refractivity contribution >= 4 is 17.0 Å². The molecule has 0 bridgehead atoms. The summed E-state index contributed by atoms with van der Waals surface area (Å²) in [6, 6.07) is 0. The molecule has 5 nitrogen and oxygen atoms in total. The Bertz CT molecular complexity index is 445. The molecule has 0 atom stereocenters. The highest BCUT2D eigenvalue weighted by Crippen LogP contribution is 2.15. The monoisotopic (exact) mass is 191 g/mol. The van der Waals surface area contributed by atoms with E-state index in [4.69, 9.17) is 5.73 Å². The van der Waals surface area contributed by atoms with Crippen LogP contribution >= 0.6 is 0 Å². The average Bonchev–Trinajstić information content (AvgIpc) is 2.49. The van der Waals surface area contributed by atoms with Crippen LogP contribution in [0.15, 0.2) is 12.7 Å². The van der Waals surface area contributed by atoms with Gasteiger partial charge < -0.3 is 10.3 Å². The molecule has 0 aliphatic heterocycles. The average molecular weight is 191 g/mol. The van der Waals surface area contributed by atoms with Crippen LogP contribution in [0.1, 0.15) is 13.8 Å². The molecule has 5 heteroatoms. The Morgan fingerprint density at radius 3 is 2.86 bits per heavy atom. The molecular formula is C9H13N5. The van der Waals surface area contributed by atoms with Gasteiger partial charge in [0.2, 0.25) is 0 Å². The summed E-state index contributed by atoms with van der Waals surface area (Å²) >= 11 is 0. The van der Waals surface area contributed by atoms with E-state index in [0.29, 0.717) is 17.3 Å². The fraction of sp³-hybridized carbons (Fsp3) is 0.444. The molecule has 2 rings (SSSR count). The van der Waals surface area contributed by atoms with Crippen LogP contribution in [0.3, 0.4) is 0 Å². The quantitative estimate of drug-likeness (QED) is 0.770. The zero-order valence-electron chi connectivity index (χ0n) is 8.31. The summed E-state index contributed by atoms with van der Waals surface area (Å²) < 4.78 is 2.00. The van der Waals surface area contributed by atoms with Gasteiger partial charge in [-0.3, -0.25) is 0 Å². The number of nitrogens with two attached hydrogens (primary N) is 1. The van der Waals surface area contributed by atoms with Crippen molar-refractivity contribution in [3.8, 4) is 0 Å². The van der Waals surface area contributed by atoms with Gasteiger partial charge in [-0.2, -0.15) is 0 Å². The Morgan fingerprint density at radius 1 is 1.36 bits per heavy atom. The van der Waals surface area contributed by atoms with E-state index in [2.05, 4.69) is 28.8 Å². The molecule has 0 aliphatic rings. The van der Waals surface area contributed by atoms with Crippen LogP contribution in [0.4, 0.5) is 5.82 Å². The van der Waals surface area contributed by atoms with Gasteiger partial charge in [0.15, 0.2) is 11.5 Å². The first-order chi connectivity index (χ1) is 6.68. The Kier molecular flexibility index (Phi) is 2.07. The lowest BCUT2D eigenvalue weighted by molar-refractivity contribution is 0.530. The Labute approximate surface area is 82.0 Å². The largest absolute Gasteiger partial charge is 0.382 e. The minimum atomic E-state index is 0.442. The van der Waals surface area contributed by atoms with Gasteiger partial charge in [0.1, 0.15) is 11.8 Å². The van der Waals surface area contributed by atoms with Crippen molar-refractivity contribution in [2.24, 2.45) is 5.92 Å². The van der Waals surface area contributed by atoms with Gasteiger partial charge in [0.05, 0.1) is 6.33 Å². The first-order valence-electron chi connectivity index (χ1n) is 4.60. The van der Waals surface area contributed by atoms with Crippen molar-refractivity contribution in [1.82, 2.24) is 19.5 Å². The summed E-state index contributed by atoms with van der Waals surface area (Å²) in [6.07, 6.45) is 3.23. The van der Waals surface area contributed by atoms with Crippen LogP contribution in [-0.2, 0) is 6.54 Å². The number of nitrogens with zero attached hydrogens (tertiary/aromatic N) is 4. The summed E-state index contributed by atoms with van der Waals surface area (Å²) in [5.74, 6) is 1.00. The Hall–Kier alpha value is -1.65. The second-order valence-electron chi connectivity index (χ2n) is 3.72. The number of hydrogen-bond donors (Lipinski definition) is 1. The van der Waals surface area contributed by atoms with E-state index in [-0.39, 0.29) is 0 Å². The van der Waals surface area contributed by atoms with Gasteiger partial charge in [-0.15, -0.1) is 0 Å². The van der Waals surface area contributed by atoms with Gasteiger partial charge in [-0.25, -0.2) is 15.0 Å². The lowest BCUT2D eigenvalue weighted by atomic mass is 10.2. The normalized spacial score (nSPS) is 11.4. The van der Waals surface area contributed by atoms with Crippen molar-refractivity contribution < 1.29 is 0 Å². The minimum Gasteiger partial charge on any atom is -0.382 e. The molecule has 74 valence electrons. The number of imidazole rings is 1. The van der Waals surface area contributed by atoms with Crippen molar-refractivity contribution in [3.63, 3.8) is 0 Å². The molecule has 14 heavy (non-hydrogen) atoms. The molecule has 0 fully saturated rings. The van der Waals surface area contributed by atoms with Crippen LogP contribution in [-0.4, -0.2) is 19.5 Å².